The first-order valence-corrected chi connectivity index (χ1v) is 10.7. The summed E-state index contributed by atoms with van der Waals surface area (Å²) in [5.74, 6) is 0.218. The first-order valence-electron chi connectivity index (χ1n) is 10.7. The van der Waals surface area contributed by atoms with E-state index in [0.717, 1.165) is 24.0 Å². The van der Waals surface area contributed by atoms with Crippen molar-refractivity contribution >= 4 is 29.1 Å². The van der Waals surface area contributed by atoms with Crippen LogP contribution in [0.5, 0.6) is 0 Å². The zero-order valence-corrected chi connectivity index (χ0v) is 18.3. The molecular formula is C24H23N7O2. The molecule has 0 spiro atoms. The van der Waals surface area contributed by atoms with Crippen LogP contribution in [0, 0.1) is 0 Å². The summed E-state index contributed by atoms with van der Waals surface area (Å²) >= 11 is 0. The summed E-state index contributed by atoms with van der Waals surface area (Å²) < 4.78 is 1.70. The highest BCUT2D eigenvalue weighted by atomic mass is 16.2. The molecule has 0 atom stereocenters. The largest absolute Gasteiger partial charge is 0.348 e. The quantitative estimate of drug-likeness (QED) is 0.476. The van der Waals surface area contributed by atoms with Crippen molar-refractivity contribution in [3.05, 3.63) is 72.2 Å². The lowest BCUT2D eigenvalue weighted by Crippen LogP contribution is -2.26. The number of nitrogens with one attached hydrogen (secondary N) is 2. The summed E-state index contributed by atoms with van der Waals surface area (Å²) in [4.78, 5) is 34.7. The van der Waals surface area contributed by atoms with Crippen molar-refractivity contribution < 1.29 is 9.59 Å². The molecule has 3 heterocycles. The maximum atomic E-state index is 12.2. The van der Waals surface area contributed by atoms with E-state index in [-0.39, 0.29) is 17.9 Å². The van der Waals surface area contributed by atoms with Crippen molar-refractivity contribution in [1.29, 1.82) is 0 Å². The van der Waals surface area contributed by atoms with E-state index >= 15 is 0 Å². The van der Waals surface area contributed by atoms with E-state index in [1.165, 1.54) is 0 Å². The second-order valence-corrected chi connectivity index (χ2v) is 8.21. The van der Waals surface area contributed by atoms with E-state index in [1.54, 1.807) is 41.8 Å². The number of carbonyl (C=O) groups is 2. The number of anilines is 2. The summed E-state index contributed by atoms with van der Waals surface area (Å²) in [5.41, 5.74) is 4.20. The molecule has 0 saturated heterocycles. The fourth-order valence-electron chi connectivity index (χ4n) is 3.45. The molecule has 0 unspecified atom stereocenters. The van der Waals surface area contributed by atoms with Crippen LogP contribution in [0.25, 0.3) is 16.8 Å². The molecular weight excluding hydrogens is 418 g/mol. The second kappa shape index (κ2) is 8.34. The topological polar surface area (TPSA) is 105 Å². The number of nitrogens with zero attached hydrogens (tertiary/aromatic N) is 5. The van der Waals surface area contributed by atoms with Gasteiger partial charge < -0.3 is 15.5 Å². The molecule has 166 valence electrons. The highest BCUT2D eigenvalue weighted by molar-refractivity contribution is 5.94. The molecule has 5 rings (SSSR count). The Balaban J connectivity index is 1.36. The van der Waals surface area contributed by atoms with Crippen molar-refractivity contribution in [1.82, 2.24) is 29.8 Å². The minimum absolute atomic E-state index is 0.0432. The van der Waals surface area contributed by atoms with E-state index in [9.17, 15) is 9.59 Å². The summed E-state index contributed by atoms with van der Waals surface area (Å²) in [6.07, 6.45) is 5.48. The normalized spacial score (nSPS) is 13.0. The number of pyridine rings is 2. The van der Waals surface area contributed by atoms with Crippen LogP contribution in [0.3, 0.4) is 0 Å². The molecule has 1 fully saturated rings. The van der Waals surface area contributed by atoms with Crippen molar-refractivity contribution in [3.63, 3.8) is 0 Å². The molecule has 1 aliphatic carbocycles. The molecule has 2 N–H and O–H groups in total. The van der Waals surface area contributed by atoms with Gasteiger partial charge >= 0.3 is 0 Å². The van der Waals surface area contributed by atoms with Gasteiger partial charge in [0.05, 0.1) is 11.9 Å². The van der Waals surface area contributed by atoms with Gasteiger partial charge in [0.1, 0.15) is 5.69 Å². The third-order valence-electron chi connectivity index (χ3n) is 5.38. The molecule has 1 aromatic carbocycles. The lowest BCUT2D eigenvalue weighted by Gasteiger charge is -2.10. The zero-order chi connectivity index (χ0) is 22.9. The Kier molecular flexibility index (Phi) is 5.21. The van der Waals surface area contributed by atoms with Crippen LogP contribution in [0.1, 0.15) is 33.7 Å². The first kappa shape index (κ1) is 20.6. The third kappa shape index (κ3) is 4.38. The average Bonchev–Trinajstić information content (AvgIpc) is 3.54. The van der Waals surface area contributed by atoms with Gasteiger partial charge in [-0.3, -0.25) is 9.59 Å². The van der Waals surface area contributed by atoms with Gasteiger partial charge in [-0.15, -0.1) is 5.10 Å². The van der Waals surface area contributed by atoms with Crippen molar-refractivity contribution in [3.8, 4) is 11.1 Å². The summed E-state index contributed by atoms with van der Waals surface area (Å²) in [6.45, 7) is 0. The second-order valence-electron chi connectivity index (χ2n) is 8.21. The smallest absolute Gasteiger partial charge is 0.270 e. The van der Waals surface area contributed by atoms with Crippen molar-refractivity contribution in [2.45, 2.75) is 18.9 Å². The van der Waals surface area contributed by atoms with Gasteiger partial charge in [-0.05, 0) is 54.8 Å². The zero-order valence-electron chi connectivity index (χ0n) is 18.3. The number of benzene rings is 1. The van der Waals surface area contributed by atoms with Gasteiger partial charge in [0, 0.05) is 37.5 Å². The molecule has 1 aliphatic rings. The van der Waals surface area contributed by atoms with Gasteiger partial charge in [0.15, 0.2) is 5.65 Å². The van der Waals surface area contributed by atoms with E-state index in [1.807, 2.05) is 42.6 Å². The molecule has 33 heavy (non-hydrogen) atoms. The number of hydrogen-bond donors (Lipinski definition) is 2. The number of aromatic nitrogens is 4. The van der Waals surface area contributed by atoms with Crippen LogP contribution in [-0.4, -0.2) is 56.4 Å². The molecule has 1 saturated carbocycles. The molecule has 2 amide bonds. The Hall–Kier alpha value is -4.27. The maximum Gasteiger partial charge on any atom is 0.270 e. The van der Waals surface area contributed by atoms with Crippen LogP contribution in [0.15, 0.2) is 60.9 Å². The molecule has 9 heteroatoms. The summed E-state index contributed by atoms with van der Waals surface area (Å²) in [6, 6.07) is 15.0. The summed E-state index contributed by atoms with van der Waals surface area (Å²) in [7, 11) is 3.46. The monoisotopic (exact) mass is 441 g/mol. The van der Waals surface area contributed by atoms with Crippen LogP contribution >= 0.6 is 0 Å². The standard InChI is InChI=1S/C24H23N7O2/c1-30(2)23(33)16-7-5-15(6-8-16)19-4-3-13-31-21(19)28-24(29-31)27-18-11-12-20(25-14-18)22(32)26-17-9-10-17/h3-8,11-14,17H,9-10H2,1-2H3,(H,26,32)(H,27,29). The number of amides is 2. The Morgan fingerprint density at radius 1 is 1.06 bits per heavy atom. The third-order valence-corrected chi connectivity index (χ3v) is 5.38. The van der Waals surface area contributed by atoms with Crippen LogP contribution in [-0.2, 0) is 0 Å². The van der Waals surface area contributed by atoms with E-state index < -0.39 is 0 Å². The Bertz CT molecular complexity index is 1320. The molecule has 4 aromatic rings. The van der Waals surface area contributed by atoms with Crippen molar-refractivity contribution in [2.75, 3.05) is 19.4 Å². The van der Waals surface area contributed by atoms with Crippen LogP contribution in [0.4, 0.5) is 11.6 Å². The van der Waals surface area contributed by atoms with E-state index in [2.05, 4.69) is 25.7 Å². The Labute approximate surface area is 190 Å². The average molecular weight is 441 g/mol. The lowest BCUT2D eigenvalue weighted by molar-refractivity contribution is 0.0827. The van der Waals surface area contributed by atoms with Gasteiger partial charge in [-0.2, -0.15) is 4.98 Å². The molecule has 0 bridgehead atoms. The van der Waals surface area contributed by atoms with Crippen molar-refractivity contribution in [2.24, 2.45) is 0 Å². The van der Waals surface area contributed by atoms with E-state index in [4.69, 9.17) is 0 Å². The van der Waals surface area contributed by atoms with Crippen LogP contribution < -0.4 is 10.6 Å². The minimum Gasteiger partial charge on any atom is -0.348 e. The maximum absolute atomic E-state index is 12.2. The van der Waals surface area contributed by atoms with Gasteiger partial charge in [0.2, 0.25) is 5.95 Å². The van der Waals surface area contributed by atoms with E-state index in [0.29, 0.717) is 28.5 Å². The summed E-state index contributed by atoms with van der Waals surface area (Å²) in [5, 5.41) is 10.6. The Morgan fingerprint density at radius 2 is 1.85 bits per heavy atom. The first-order chi connectivity index (χ1) is 16.0. The molecule has 3 aromatic heterocycles. The number of carbonyl (C=O) groups excluding carboxylic acids is 2. The fraction of sp³-hybridized carbons (Fsp3) is 0.208. The predicted octanol–water partition coefficient (Wildman–Crippen LogP) is 3.13. The molecule has 0 aliphatic heterocycles. The lowest BCUT2D eigenvalue weighted by atomic mass is 10.0. The number of rotatable bonds is 6. The number of hydrogen-bond acceptors (Lipinski definition) is 6. The van der Waals surface area contributed by atoms with Gasteiger partial charge in [-0.1, -0.05) is 12.1 Å². The predicted molar refractivity (Wildman–Crippen MR) is 124 cm³/mol. The number of fused-ring (bicyclic) bond motifs is 1. The van der Waals surface area contributed by atoms with Crippen LogP contribution in [0.2, 0.25) is 0 Å². The Morgan fingerprint density at radius 3 is 2.52 bits per heavy atom. The molecule has 0 radical (unpaired) electrons. The van der Waals surface area contributed by atoms with Gasteiger partial charge in [-0.25, -0.2) is 9.50 Å². The van der Waals surface area contributed by atoms with Gasteiger partial charge in [0.25, 0.3) is 11.8 Å². The molecule has 9 nitrogen and oxygen atoms in total. The SMILES string of the molecule is CN(C)C(=O)c1ccc(-c2cccn3nc(Nc4ccc(C(=O)NC5CC5)nc4)nc23)cc1. The highest BCUT2D eigenvalue weighted by Gasteiger charge is 2.24. The highest BCUT2D eigenvalue weighted by Crippen LogP contribution is 2.25. The minimum atomic E-state index is -0.155. The fourth-order valence-corrected chi connectivity index (χ4v) is 3.45.